The van der Waals surface area contributed by atoms with Crippen molar-refractivity contribution in [3.8, 4) is 10.8 Å². The van der Waals surface area contributed by atoms with Crippen LogP contribution in [0.1, 0.15) is 6.92 Å². The number of benzene rings is 1. The molecule has 1 heterocycles. The first-order valence-corrected chi connectivity index (χ1v) is 7.76. The molecular weight excluding hydrogens is 331 g/mol. The molecule has 0 spiro atoms. The van der Waals surface area contributed by atoms with Crippen LogP contribution in [0.4, 0.5) is 14.3 Å². The predicted molar refractivity (Wildman–Crippen MR) is 91.8 cm³/mol. The van der Waals surface area contributed by atoms with Crippen LogP contribution in [0.15, 0.2) is 67.1 Å². The smallest absolute Gasteiger partial charge is 0.418 e. The van der Waals surface area contributed by atoms with E-state index in [1.165, 1.54) is 30.5 Å². The highest BCUT2D eigenvalue weighted by Gasteiger charge is 2.10. The van der Waals surface area contributed by atoms with Gasteiger partial charge in [0.25, 0.3) is 0 Å². The Morgan fingerprint density at radius 1 is 1.46 bits per heavy atom. The summed E-state index contributed by atoms with van der Waals surface area (Å²) >= 11 is 1.09. The van der Waals surface area contributed by atoms with Gasteiger partial charge in [0.1, 0.15) is 17.3 Å². The summed E-state index contributed by atoms with van der Waals surface area (Å²) in [6, 6.07) is 5.73. The molecule has 0 saturated carbocycles. The number of allylic oxidation sites excluding steroid dienone is 4. The van der Waals surface area contributed by atoms with Crippen molar-refractivity contribution in [3.05, 3.63) is 72.9 Å². The number of carbonyl (C=O) groups is 1. The van der Waals surface area contributed by atoms with Crippen LogP contribution in [0.5, 0.6) is 10.8 Å². The van der Waals surface area contributed by atoms with Gasteiger partial charge in [0.05, 0.1) is 6.20 Å². The molecule has 1 amide bonds. The number of hydrogen-bond acceptors (Lipinski definition) is 5. The normalized spacial score (nSPS) is 11.3. The molecule has 1 N–H and O–H groups in total. The number of hydrogen-bond donors (Lipinski definition) is 1. The van der Waals surface area contributed by atoms with Gasteiger partial charge in [-0.2, -0.15) is 0 Å². The monoisotopic (exact) mass is 346 g/mol. The zero-order chi connectivity index (χ0) is 17.4. The number of anilines is 1. The van der Waals surface area contributed by atoms with Gasteiger partial charge in [0.15, 0.2) is 5.13 Å². The average Bonchev–Trinajstić information content (AvgIpc) is 2.94. The lowest BCUT2D eigenvalue weighted by Gasteiger charge is -2.04. The Morgan fingerprint density at radius 2 is 2.29 bits per heavy atom. The van der Waals surface area contributed by atoms with E-state index in [-0.39, 0.29) is 0 Å². The molecule has 0 radical (unpaired) electrons. The summed E-state index contributed by atoms with van der Waals surface area (Å²) in [6.07, 6.45) is 7.17. The van der Waals surface area contributed by atoms with Crippen molar-refractivity contribution in [2.45, 2.75) is 6.92 Å². The quantitative estimate of drug-likeness (QED) is 0.572. The minimum absolute atomic E-state index is 0.296. The highest BCUT2D eigenvalue weighted by molar-refractivity contribution is 7.17. The van der Waals surface area contributed by atoms with Crippen LogP contribution >= 0.6 is 11.3 Å². The average molecular weight is 346 g/mol. The number of halogens is 1. The van der Waals surface area contributed by atoms with Crippen LogP contribution in [0.25, 0.3) is 0 Å². The first kappa shape index (κ1) is 17.4. The van der Waals surface area contributed by atoms with Crippen LogP contribution in [-0.2, 0) is 4.74 Å². The Morgan fingerprint density at radius 3 is 3.00 bits per heavy atom. The highest BCUT2D eigenvalue weighted by Crippen LogP contribution is 2.30. The molecule has 1 aromatic heterocycles. The fourth-order valence-corrected chi connectivity index (χ4v) is 2.31. The molecule has 5 nitrogen and oxygen atoms in total. The fraction of sp³-hybridized carbons (Fsp3) is 0.0588. The van der Waals surface area contributed by atoms with Gasteiger partial charge in [0.2, 0.25) is 5.06 Å². The van der Waals surface area contributed by atoms with Crippen molar-refractivity contribution in [3.63, 3.8) is 0 Å². The van der Waals surface area contributed by atoms with Gasteiger partial charge < -0.3 is 9.47 Å². The van der Waals surface area contributed by atoms with Crippen LogP contribution < -0.4 is 10.1 Å². The summed E-state index contributed by atoms with van der Waals surface area (Å²) in [5, 5.41) is 3.19. The molecule has 0 saturated heterocycles. The fourth-order valence-electron chi connectivity index (χ4n) is 1.63. The van der Waals surface area contributed by atoms with Crippen LogP contribution in [-0.4, -0.2) is 11.1 Å². The Kier molecular flexibility index (Phi) is 6.27. The van der Waals surface area contributed by atoms with Crippen molar-refractivity contribution in [2.24, 2.45) is 0 Å². The van der Waals surface area contributed by atoms with E-state index in [4.69, 9.17) is 9.47 Å². The van der Waals surface area contributed by atoms with Crippen LogP contribution in [0.2, 0.25) is 0 Å². The molecule has 0 atom stereocenters. The van der Waals surface area contributed by atoms with Crippen molar-refractivity contribution in [1.82, 2.24) is 4.98 Å². The zero-order valence-electron chi connectivity index (χ0n) is 12.9. The summed E-state index contributed by atoms with van der Waals surface area (Å²) in [5.41, 5.74) is 0. The van der Waals surface area contributed by atoms with E-state index >= 15 is 0 Å². The first-order valence-electron chi connectivity index (χ1n) is 6.94. The third-order valence-corrected chi connectivity index (χ3v) is 3.32. The van der Waals surface area contributed by atoms with Crippen molar-refractivity contribution >= 4 is 22.6 Å². The van der Waals surface area contributed by atoms with Gasteiger partial charge in [-0.05, 0) is 31.2 Å². The Balaban J connectivity index is 1.96. The standard InChI is InChI=1S/C17H15FN2O3S/c1-3-6-13(7-4-2)23-17(21)20-16-19-11-15(24-16)22-14-9-5-8-12(18)10-14/h3-11H,1H2,2H3,(H,19,20,21)/b7-4-,13-6+. The summed E-state index contributed by atoms with van der Waals surface area (Å²) in [7, 11) is 0. The molecule has 0 fully saturated rings. The van der Waals surface area contributed by atoms with E-state index in [9.17, 15) is 9.18 Å². The van der Waals surface area contributed by atoms with E-state index in [0.29, 0.717) is 21.7 Å². The second kappa shape index (κ2) is 8.64. The topological polar surface area (TPSA) is 60.5 Å². The second-order valence-corrected chi connectivity index (χ2v) is 5.36. The van der Waals surface area contributed by atoms with E-state index in [1.54, 1.807) is 31.2 Å². The van der Waals surface area contributed by atoms with E-state index < -0.39 is 11.9 Å². The lowest BCUT2D eigenvalue weighted by atomic mass is 10.3. The zero-order valence-corrected chi connectivity index (χ0v) is 13.7. The first-order chi connectivity index (χ1) is 11.6. The number of amides is 1. The summed E-state index contributed by atoms with van der Waals surface area (Å²) in [4.78, 5) is 15.8. The van der Waals surface area contributed by atoms with E-state index in [1.807, 2.05) is 0 Å². The maximum absolute atomic E-state index is 13.1. The summed E-state index contributed by atoms with van der Waals surface area (Å²) < 4.78 is 23.7. The third kappa shape index (κ3) is 5.36. The van der Waals surface area contributed by atoms with E-state index in [2.05, 4.69) is 16.9 Å². The van der Waals surface area contributed by atoms with Crippen molar-refractivity contribution in [1.29, 1.82) is 0 Å². The van der Waals surface area contributed by atoms with Gasteiger partial charge in [-0.1, -0.05) is 36.1 Å². The van der Waals surface area contributed by atoms with Gasteiger partial charge >= 0.3 is 6.09 Å². The number of thiazole rings is 1. The van der Waals surface area contributed by atoms with Gasteiger partial charge in [0, 0.05) is 6.07 Å². The number of nitrogens with zero attached hydrogens (tertiary/aromatic N) is 1. The molecule has 0 aliphatic heterocycles. The lowest BCUT2D eigenvalue weighted by Crippen LogP contribution is -2.12. The number of aromatic nitrogens is 1. The highest BCUT2D eigenvalue weighted by atomic mass is 32.1. The molecular formula is C17H15FN2O3S. The van der Waals surface area contributed by atoms with Gasteiger partial charge in [-0.25, -0.2) is 14.2 Å². The molecule has 7 heteroatoms. The van der Waals surface area contributed by atoms with E-state index in [0.717, 1.165) is 11.3 Å². The number of rotatable bonds is 6. The van der Waals surface area contributed by atoms with Crippen molar-refractivity contribution < 1.29 is 18.7 Å². The Bertz CT molecular complexity index is 784. The third-order valence-electron chi connectivity index (χ3n) is 2.53. The lowest BCUT2D eigenvalue weighted by molar-refractivity contribution is 0.194. The molecule has 0 aliphatic rings. The Labute approximate surface area is 142 Å². The number of nitrogens with one attached hydrogen (secondary N) is 1. The molecule has 0 unspecified atom stereocenters. The molecule has 2 rings (SSSR count). The molecule has 0 aliphatic carbocycles. The SMILES string of the molecule is C=C/C=C(\C=C/C)OC(=O)Nc1ncc(Oc2cccc(F)c2)s1. The number of ether oxygens (including phenoxy) is 2. The second-order valence-electron chi connectivity index (χ2n) is 4.36. The maximum Gasteiger partial charge on any atom is 0.418 e. The minimum atomic E-state index is -0.687. The van der Waals surface area contributed by atoms with Crippen molar-refractivity contribution in [2.75, 3.05) is 5.32 Å². The summed E-state index contributed by atoms with van der Waals surface area (Å²) in [5.74, 6) is 0.291. The molecule has 0 bridgehead atoms. The minimum Gasteiger partial charge on any atom is -0.445 e. The maximum atomic E-state index is 13.1. The largest absolute Gasteiger partial charge is 0.445 e. The van der Waals surface area contributed by atoms with Crippen LogP contribution in [0.3, 0.4) is 0 Å². The van der Waals surface area contributed by atoms with Crippen LogP contribution in [0, 0.1) is 5.82 Å². The molecule has 2 aromatic rings. The molecule has 24 heavy (non-hydrogen) atoms. The van der Waals surface area contributed by atoms with Gasteiger partial charge in [-0.3, -0.25) is 5.32 Å². The number of carbonyl (C=O) groups excluding carboxylic acids is 1. The molecule has 124 valence electrons. The van der Waals surface area contributed by atoms with Gasteiger partial charge in [-0.15, -0.1) is 0 Å². The predicted octanol–water partition coefficient (Wildman–Crippen LogP) is 5.27. The Hall–Kier alpha value is -2.93. The summed E-state index contributed by atoms with van der Waals surface area (Å²) in [6.45, 7) is 5.35. The molecule has 1 aromatic carbocycles.